The van der Waals surface area contributed by atoms with Crippen LogP contribution in [0.25, 0.3) is 11.0 Å². The lowest BCUT2D eigenvalue weighted by Gasteiger charge is -2.33. The summed E-state index contributed by atoms with van der Waals surface area (Å²) in [6.07, 6.45) is 1.02. The number of nitrogens with zero attached hydrogens (tertiary/aromatic N) is 4. The number of rotatable bonds is 8. The second-order valence-electron chi connectivity index (χ2n) is 10.1. The average Bonchev–Trinajstić information content (AvgIpc) is 3.51. The molecule has 0 aliphatic heterocycles. The van der Waals surface area contributed by atoms with Crippen LogP contribution in [0.3, 0.4) is 0 Å². The number of fused-ring (bicyclic) bond motifs is 1. The van der Waals surface area contributed by atoms with Gasteiger partial charge >= 0.3 is 0 Å². The van der Waals surface area contributed by atoms with Gasteiger partial charge in [0.25, 0.3) is 0 Å². The second-order valence-corrected chi connectivity index (χ2v) is 11.0. The lowest BCUT2D eigenvalue weighted by molar-refractivity contribution is -0.127. The van der Waals surface area contributed by atoms with Crippen molar-refractivity contribution >= 4 is 39.9 Å². The van der Waals surface area contributed by atoms with Gasteiger partial charge in [0, 0.05) is 16.1 Å². The van der Waals surface area contributed by atoms with Gasteiger partial charge in [0.15, 0.2) is 0 Å². The molecule has 2 aromatic heterocycles. The highest BCUT2D eigenvalue weighted by molar-refractivity contribution is 7.10. The summed E-state index contributed by atoms with van der Waals surface area (Å²) in [6, 6.07) is 18.5. The number of carbonyl (C=O) groups is 2. The highest BCUT2D eigenvalue weighted by atomic mass is 32.1. The number of carbonyl (C=O) groups excluding carboxylic acids is 2. The molecule has 0 saturated heterocycles. The second kappa shape index (κ2) is 10.6. The van der Waals surface area contributed by atoms with Crippen molar-refractivity contribution in [1.29, 1.82) is 0 Å². The van der Waals surface area contributed by atoms with Crippen LogP contribution in [0.4, 0.5) is 5.69 Å². The maximum atomic E-state index is 14.0. The van der Waals surface area contributed by atoms with E-state index in [0.717, 1.165) is 22.3 Å². The van der Waals surface area contributed by atoms with Crippen molar-refractivity contribution in [2.24, 2.45) is 0 Å². The predicted octanol–water partition coefficient (Wildman–Crippen LogP) is 5.70. The van der Waals surface area contributed by atoms with Crippen molar-refractivity contribution in [3.8, 4) is 0 Å². The molecule has 4 rings (SSSR count). The van der Waals surface area contributed by atoms with Crippen molar-refractivity contribution in [3.05, 3.63) is 76.5 Å². The Balaban J connectivity index is 1.78. The van der Waals surface area contributed by atoms with Crippen molar-refractivity contribution in [3.63, 3.8) is 0 Å². The van der Waals surface area contributed by atoms with Crippen LogP contribution in [0.1, 0.15) is 63.4 Å². The third-order valence-corrected chi connectivity index (χ3v) is 7.07. The highest BCUT2D eigenvalue weighted by Crippen LogP contribution is 2.33. The average molecular weight is 504 g/mol. The van der Waals surface area contributed by atoms with E-state index in [9.17, 15) is 9.59 Å². The predicted molar refractivity (Wildman–Crippen MR) is 145 cm³/mol. The summed E-state index contributed by atoms with van der Waals surface area (Å²) >= 11 is 1.46. The van der Waals surface area contributed by atoms with Crippen LogP contribution in [0.15, 0.2) is 66.0 Å². The molecule has 36 heavy (non-hydrogen) atoms. The zero-order valence-electron chi connectivity index (χ0n) is 21.4. The van der Waals surface area contributed by atoms with E-state index in [-0.39, 0.29) is 18.4 Å². The SMILES string of the molecule is CC[C@@H](C)c1ccc(N(C(=O)Cn2nnc3ccccc32)[C@H](C(=O)NC(C)(C)C)c2cccs2)cc1. The monoisotopic (exact) mass is 503 g/mol. The Kier molecular flexibility index (Phi) is 7.54. The van der Waals surface area contributed by atoms with Gasteiger partial charge < -0.3 is 5.32 Å². The maximum Gasteiger partial charge on any atom is 0.249 e. The van der Waals surface area contributed by atoms with Crippen LogP contribution in [0.5, 0.6) is 0 Å². The summed E-state index contributed by atoms with van der Waals surface area (Å²) < 4.78 is 1.59. The minimum Gasteiger partial charge on any atom is -0.349 e. The van der Waals surface area contributed by atoms with Crippen molar-refractivity contribution in [2.45, 2.75) is 65.1 Å². The maximum absolute atomic E-state index is 14.0. The third kappa shape index (κ3) is 5.65. The molecule has 0 aliphatic rings. The summed E-state index contributed by atoms with van der Waals surface area (Å²) in [6.45, 7) is 10.1. The first kappa shape index (κ1) is 25.6. The van der Waals surface area contributed by atoms with Crippen LogP contribution in [-0.2, 0) is 16.1 Å². The Bertz CT molecular complexity index is 1320. The van der Waals surface area contributed by atoms with E-state index >= 15 is 0 Å². The van der Waals surface area contributed by atoms with Crippen LogP contribution >= 0.6 is 11.3 Å². The van der Waals surface area contributed by atoms with Gasteiger partial charge in [0.2, 0.25) is 11.8 Å². The zero-order chi connectivity index (χ0) is 25.9. The zero-order valence-corrected chi connectivity index (χ0v) is 22.2. The van der Waals surface area contributed by atoms with Crippen LogP contribution in [0.2, 0.25) is 0 Å². The Hall–Kier alpha value is -3.52. The molecule has 0 spiro atoms. The van der Waals surface area contributed by atoms with Gasteiger partial charge in [-0.15, -0.1) is 16.4 Å². The molecule has 0 aliphatic carbocycles. The lowest BCUT2D eigenvalue weighted by atomic mass is 9.98. The summed E-state index contributed by atoms with van der Waals surface area (Å²) in [5, 5.41) is 13.4. The fourth-order valence-corrected chi connectivity index (χ4v) is 4.95. The molecule has 188 valence electrons. The molecule has 2 atom stereocenters. The van der Waals surface area contributed by atoms with Gasteiger partial charge in [-0.1, -0.05) is 49.4 Å². The molecule has 0 bridgehead atoms. The number of thiophene rings is 1. The molecular weight excluding hydrogens is 470 g/mol. The molecule has 4 aromatic rings. The summed E-state index contributed by atoms with van der Waals surface area (Å²) in [5.74, 6) is -0.0702. The molecule has 7 nitrogen and oxygen atoms in total. The Morgan fingerprint density at radius 1 is 1.06 bits per heavy atom. The number of hydrogen-bond donors (Lipinski definition) is 1. The van der Waals surface area contributed by atoms with Crippen LogP contribution < -0.4 is 10.2 Å². The van der Waals surface area contributed by atoms with Gasteiger partial charge in [-0.3, -0.25) is 14.5 Å². The summed E-state index contributed by atoms with van der Waals surface area (Å²) in [4.78, 5) is 30.1. The molecule has 0 radical (unpaired) electrons. The van der Waals surface area contributed by atoms with Crippen molar-refractivity contribution in [2.75, 3.05) is 4.90 Å². The molecule has 2 amide bonds. The van der Waals surface area contributed by atoms with Crippen molar-refractivity contribution in [1.82, 2.24) is 20.3 Å². The molecule has 1 N–H and O–H groups in total. The van der Waals surface area contributed by atoms with Crippen LogP contribution in [-0.4, -0.2) is 32.3 Å². The van der Waals surface area contributed by atoms with Gasteiger partial charge in [0.1, 0.15) is 18.1 Å². The molecular formula is C28H33N5O2S. The van der Waals surface area contributed by atoms with Crippen LogP contribution in [0, 0.1) is 0 Å². The molecule has 2 aromatic carbocycles. The summed E-state index contributed by atoms with van der Waals surface area (Å²) in [5.41, 5.74) is 2.89. The van der Waals surface area contributed by atoms with Gasteiger partial charge in [-0.2, -0.15) is 0 Å². The lowest BCUT2D eigenvalue weighted by Crippen LogP contribution is -2.50. The number of benzene rings is 2. The molecule has 0 fully saturated rings. The fourth-order valence-electron chi connectivity index (χ4n) is 4.13. The van der Waals surface area contributed by atoms with E-state index in [0.29, 0.717) is 11.6 Å². The van der Waals surface area contributed by atoms with Gasteiger partial charge in [-0.25, -0.2) is 4.68 Å². The number of para-hydroxylation sites is 1. The van der Waals surface area contributed by atoms with E-state index in [4.69, 9.17) is 0 Å². The molecule has 2 heterocycles. The first-order valence-electron chi connectivity index (χ1n) is 12.2. The first-order chi connectivity index (χ1) is 17.2. The fraction of sp³-hybridized carbons (Fsp3) is 0.357. The number of anilines is 1. The minimum atomic E-state index is -0.819. The molecule has 8 heteroatoms. The standard InChI is InChI=1S/C28H33N5O2S/c1-6-19(2)20-13-15-21(16-14-20)33(25(34)18-32-23-11-8-7-10-22(23)30-31-32)26(24-12-9-17-36-24)27(35)29-28(3,4)5/h7-17,19,26H,6,18H2,1-5H3,(H,29,35)/t19-,26+/m1/s1. The highest BCUT2D eigenvalue weighted by Gasteiger charge is 2.35. The van der Waals surface area contributed by atoms with Crippen molar-refractivity contribution < 1.29 is 9.59 Å². The number of aromatic nitrogens is 3. The number of amides is 2. The number of nitrogens with one attached hydrogen (secondary N) is 1. The topological polar surface area (TPSA) is 80.1 Å². The first-order valence-corrected chi connectivity index (χ1v) is 13.1. The van der Waals surface area contributed by atoms with Gasteiger partial charge in [0.05, 0.1) is 5.52 Å². The van der Waals surface area contributed by atoms with E-state index in [1.165, 1.54) is 16.9 Å². The number of hydrogen-bond acceptors (Lipinski definition) is 5. The largest absolute Gasteiger partial charge is 0.349 e. The smallest absolute Gasteiger partial charge is 0.249 e. The quantitative estimate of drug-likeness (QED) is 0.335. The van der Waals surface area contributed by atoms with Gasteiger partial charge in [-0.05, 0) is 74.4 Å². The molecule has 0 unspecified atom stereocenters. The normalized spacial score (nSPS) is 13.4. The minimum absolute atomic E-state index is 0.0434. The van der Waals surface area contributed by atoms with E-state index in [1.54, 1.807) is 9.58 Å². The molecule has 0 saturated carbocycles. The Morgan fingerprint density at radius 3 is 2.42 bits per heavy atom. The van der Waals surface area contributed by atoms with E-state index in [2.05, 4.69) is 29.5 Å². The third-order valence-electron chi connectivity index (χ3n) is 6.14. The van der Waals surface area contributed by atoms with E-state index < -0.39 is 11.6 Å². The Labute approximate surface area is 216 Å². The van der Waals surface area contributed by atoms with E-state index in [1.807, 2.05) is 86.8 Å². The Morgan fingerprint density at radius 2 is 1.78 bits per heavy atom. The summed E-state index contributed by atoms with van der Waals surface area (Å²) in [7, 11) is 0.